The summed E-state index contributed by atoms with van der Waals surface area (Å²) in [5.74, 6) is 2.02. The van der Waals surface area contributed by atoms with Crippen LogP contribution < -0.4 is 5.32 Å². The molecule has 1 amide bonds. The normalized spacial score (nSPS) is 24.9. The van der Waals surface area contributed by atoms with Crippen molar-refractivity contribution in [3.63, 3.8) is 0 Å². The van der Waals surface area contributed by atoms with E-state index >= 15 is 0 Å². The average Bonchev–Trinajstić information content (AvgIpc) is 3.15. The fourth-order valence-electron chi connectivity index (χ4n) is 2.95. The second-order valence-electron chi connectivity index (χ2n) is 5.54. The molecule has 110 valence electrons. The van der Waals surface area contributed by atoms with Crippen LogP contribution >= 0.6 is 0 Å². The van der Waals surface area contributed by atoms with Crippen molar-refractivity contribution in [3.8, 4) is 0 Å². The van der Waals surface area contributed by atoms with E-state index in [4.69, 9.17) is 4.74 Å². The van der Waals surface area contributed by atoms with Gasteiger partial charge in [0.05, 0.1) is 18.7 Å². The van der Waals surface area contributed by atoms with Gasteiger partial charge in [0.15, 0.2) is 5.82 Å². The Morgan fingerprint density at radius 2 is 2.40 bits per heavy atom. The summed E-state index contributed by atoms with van der Waals surface area (Å²) in [6.45, 7) is 2.22. The van der Waals surface area contributed by atoms with E-state index < -0.39 is 0 Å². The van der Waals surface area contributed by atoms with Crippen LogP contribution in [-0.4, -0.2) is 58.4 Å². The number of nitrogens with one attached hydrogen (secondary N) is 1. The van der Waals surface area contributed by atoms with Gasteiger partial charge in [0, 0.05) is 33.7 Å². The van der Waals surface area contributed by atoms with Gasteiger partial charge in [-0.1, -0.05) is 0 Å². The maximum Gasteiger partial charge on any atom is 0.239 e. The number of nitrogens with zero attached hydrogens (tertiary/aromatic N) is 4. The summed E-state index contributed by atoms with van der Waals surface area (Å²) in [5, 5.41) is 11.6. The zero-order valence-electron chi connectivity index (χ0n) is 12.0. The van der Waals surface area contributed by atoms with Gasteiger partial charge in [-0.25, -0.2) is 0 Å². The Morgan fingerprint density at radius 3 is 3.15 bits per heavy atom. The quantitative estimate of drug-likeness (QED) is 0.809. The third-order valence-corrected chi connectivity index (χ3v) is 4.16. The minimum absolute atomic E-state index is 0.0971. The highest BCUT2D eigenvalue weighted by Gasteiger charge is 2.31. The van der Waals surface area contributed by atoms with Gasteiger partial charge in [-0.3, -0.25) is 4.79 Å². The SMILES string of the molecule is COC1CNC(C(=O)N(C)Cc2nnc3n2CCC3)C1. The molecule has 0 spiro atoms. The molecule has 3 heterocycles. The molecule has 1 fully saturated rings. The van der Waals surface area contributed by atoms with Crippen LogP contribution in [0.5, 0.6) is 0 Å². The number of carbonyl (C=O) groups is 1. The van der Waals surface area contributed by atoms with Crippen LogP contribution in [0.1, 0.15) is 24.5 Å². The molecule has 7 heteroatoms. The van der Waals surface area contributed by atoms with Crippen molar-refractivity contribution in [2.45, 2.75) is 44.5 Å². The summed E-state index contributed by atoms with van der Waals surface area (Å²) in [6, 6.07) is -0.147. The Morgan fingerprint density at radius 1 is 1.55 bits per heavy atom. The molecule has 3 rings (SSSR count). The molecule has 1 saturated heterocycles. The third kappa shape index (κ3) is 2.43. The Bertz CT molecular complexity index is 501. The monoisotopic (exact) mass is 279 g/mol. The maximum atomic E-state index is 12.4. The topological polar surface area (TPSA) is 72.3 Å². The molecular formula is C13H21N5O2. The number of rotatable bonds is 4. The molecule has 2 aliphatic heterocycles. The van der Waals surface area contributed by atoms with Crippen molar-refractivity contribution >= 4 is 5.91 Å². The number of carbonyl (C=O) groups excluding carboxylic acids is 1. The molecule has 2 atom stereocenters. The van der Waals surface area contributed by atoms with E-state index in [9.17, 15) is 4.79 Å². The lowest BCUT2D eigenvalue weighted by atomic mass is 10.2. The van der Waals surface area contributed by atoms with Crippen molar-refractivity contribution in [1.82, 2.24) is 25.0 Å². The number of hydrogen-bond acceptors (Lipinski definition) is 5. The van der Waals surface area contributed by atoms with Crippen LogP contribution in [0, 0.1) is 0 Å². The van der Waals surface area contributed by atoms with Gasteiger partial charge in [0.2, 0.25) is 5.91 Å². The van der Waals surface area contributed by atoms with Gasteiger partial charge in [0.1, 0.15) is 5.82 Å². The molecule has 0 bridgehead atoms. The van der Waals surface area contributed by atoms with E-state index in [2.05, 4.69) is 20.1 Å². The molecule has 20 heavy (non-hydrogen) atoms. The van der Waals surface area contributed by atoms with Crippen LogP contribution in [0.4, 0.5) is 0 Å². The number of fused-ring (bicyclic) bond motifs is 1. The van der Waals surface area contributed by atoms with E-state index in [-0.39, 0.29) is 18.1 Å². The number of aryl methyl sites for hydroxylation is 1. The predicted octanol–water partition coefficient (Wildman–Crippen LogP) is -0.440. The molecule has 1 aromatic rings. The highest BCUT2D eigenvalue weighted by molar-refractivity contribution is 5.82. The molecule has 0 radical (unpaired) electrons. The smallest absolute Gasteiger partial charge is 0.239 e. The zero-order chi connectivity index (χ0) is 14.1. The summed E-state index contributed by atoms with van der Waals surface area (Å²) < 4.78 is 7.41. The van der Waals surface area contributed by atoms with Crippen LogP contribution in [0.25, 0.3) is 0 Å². The second kappa shape index (κ2) is 5.49. The van der Waals surface area contributed by atoms with Crippen LogP contribution in [-0.2, 0) is 29.0 Å². The van der Waals surface area contributed by atoms with Crippen LogP contribution in [0.15, 0.2) is 0 Å². The van der Waals surface area contributed by atoms with Gasteiger partial charge in [-0.2, -0.15) is 0 Å². The maximum absolute atomic E-state index is 12.4. The molecule has 0 aliphatic carbocycles. The molecule has 1 aromatic heterocycles. The first kappa shape index (κ1) is 13.5. The summed E-state index contributed by atoms with van der Waals surface area (Å²) in [5.41, 5.74) is 0. The number of hydrogen-bond donors (Lipinski definition) is 1. The number of amides is 1. The van der Waals surface area contributed by atoms with E-state index in [0.29, 0.717) is 6.54 Å². The Hall–Kier alpha value is -1.47. The Kier molecular flexibility index (Phi) is 3.71. The first-order valence-corrected chi connectivity index (χ1v) is 7.11. The first-order valence-electron chi connectivity index (χ1n) is 7.11. The number of likely N-dealkylation sites (N-methyl/N-ethyl adjacent to an activating group) is 1. The molecule has 0 aromatic carbocycles. The fourth-order valence-corrected chi connectivity index (χ4v) is 2.95. The molecule has 1 N–H and O–H groups in total. The molecule has 2 unspecified atom stereocenters. The molecule has 0 saturated carbocycles. The average molecular weight is 279 g/mol. The zero-order valence-corrected chi connectivity index (χ0v) is 12.0. The van der Waals surface area contributed by atoms with E-state index in [1.54, 1.807) is 12.0 Å². The van der Waals surface area contributed by atoms with E-state index in [1.165, 1.54) is 0 Å². The number of methoxy groups -OCH3 is 1. The van der Waals surface area contributed by atoms with Gasteiger partial charge in [-0.15, -0.1) is 10.2 Å². The molecular weight excluding hydrogens is 258 g/mol. The highest BCUT2D eigenvalue weighted by Crippen LogP contribution is 2.16. The highest BCUT2D eigenvalue weighted by atomic mass is 16.5. The van der Waals surface area contributed by atoms with Gasteiger partial charge >= 0.3 is 0 Å². The molecule has 2 aliphatic rings. The summed E-state index contributed by atoms with van der Waals surface area (Å²) in [7, 11) is 3.50. The lowest BCUT2D eigenvalue weighted by molar-refractivity contribution is -0.132. The standard InChI is InChI=1S/C13H21N5O2/c1-17(13(19)10-6-9(20-2)7-14-10)8-12-16-15-11-4-3-5-18(11)12/h9-10,14H,3-8H2,1-2H3. The third-order valence-electron chi connectivity index (χ3n) is 4.16. The lowest BCUT2D eigenvalue weighted by Gasteiger charge is -2.20. The van der Waals surface area contributed by atoms with Crippen molar-refractivity contribution in [2.24, 2.45) is 0 Å². The minimum Gasteiger partial charge on any atom is -0.380 e. The number of ether oxygens (including phenoxy) is 1. The Labute approximate surface area is 118 Å². The van der Waals surface area contributed by atoms with Crippen molar-refractivity contribution in [1.29, 1.82) is 0 Å². The fraction of sp³-hybridized carbons (Fsp3) is 0.769. The second-order valence-corrected chi connectivity index (χ2v) is 5.54. The number of aromatic nitrogens is 3. The lowest BCUT2D eigenvalue weighted by Crippen LogP contribution is -2.41. The molecule has 7 nitrogen and oxygen atoms in total. The van der Waals surface area contributed by atoms with Crippen LogP contribution in [0.2, 0.25) is 0 Å². The largest absolute Gasteiger partial charge is 0.380 e. The summed E-state index contributed by atoms with van der Waals surface area (Å²) in [6.07, 6.45) is 2.98. The van der Waals surface area contributed by atoms with Crippen molar-refractivity contribution < 1.29 is 9.53 Å². The van der Waals surface area contributed by atoms with Crippen LogP contribution in [0.3, 0.4) is 0 Å². The van der Waals surface area contributed by atoms with E-state index in [1.807, 2.05) is 7.05 Å². The predicted molar refractivity (Wildman–Crippen MR) is 72.0 cm³/mol. The van der Waals surface area contributed by atoms with Gasteiger partial charge < -0.3 is 19.5 Å². The van der Waals surface area contributed by atoms with E-state index in [0.717, 1.165) is 44.0 Å². The Balaban J connectivity index is 1.61. The summed E-state index contributed by atoms with van der Waals surface area (Å²) >= 11 is 0. The van der Waals surface area contributed by atoms with Gasteiger partial charge in [-0.05, 0) is 12.8 Å². The first-order chi connectivity index (χ1) is 9.69. The van der Waals surface area contributed by atoms with Crippen molar-refractivity contribution in [2.75, 3.05) is 20.7 Å². The summed E-state index contributed by atoms with van der Waals surface area (Å²) in [4.78, 5) is 14.1. The minimum atomic E-state index is -0.147. The van der Waals surface area contributed by atoms with Gasteiger partial charge in [0.25, 0.3) is 0 Å². The van der Waals surface area contributed by atoms with Crippen molar-refractivity contribution in [3.05, 3.63) is 11.6 Å².